The molecule has 0 bridgehead atoms. The second-order valence-electron chi connectivity index (χ2n) is 3.43. The smallest absolute Gasteiger partial charge is 0.0679 e. The number of likely N-dealkylation sites (tertiary alicyclic amines) is 1. The lowest BCUT2D eigenvalue weighted by Crippen LogP contribution is -2.14. The fourth-order valence-corrected chi connectivity index (χ4v) is 1.72. The lowest BCUT2D eigenvalue weighted by Gasteiger charge is -2.08. The van der Waals surface area contributed by atoms with Gasteiger partial charge in [0.1, 0.15) is 0 Å². The molecule has 11 heavy (non-hydrogen) atoms. The summed E-state index contributed by atoms with van der Waals surface area (Å²) in [5.74, 6) is 5.81. The first kappa shape index (κ1) is 8.97. The predicted molar refractivity (Wildman–Crippen MR) is 45.0 cm³/mol. The fourth-order valence-electron chi connectivity index (χ4n) is 1.72. The van der Waals surface area contributed by atoms with Gasteiger partial charge in [-0.1, -0.05) is 0 Å². The fraction of sp³-hybridized carbons (Fsp3) is 1.00. The summed E-state index contributed by atoms with van der Waals surface area (Å²) in [4.78, 5) is 6.90. The van der Waals surface area contributed by atoms with E-state index in [4.69, 9.17) is 5.90 Å². The van der Waals surface area contributed by atoms with Gasteiger partial charge in [0.2, 0.25) is 0 Å². The van der Waals surface area contributed by atoms with Crippen LogP contribution >= 0.6 is 0 Å². The maximum atomic E-state index is 4.93. The van der Waals surface area contributed by atoms with Crippen LogP contribution in [-0.2, 0) is 4.84 Å². The molecule has 3 nitrogen and oxygen atoms in total. The Hall–Kier alpha value is -0.120. The molecule has 0 aliphatic carbocycles. The molecule has 1 rings (SSSR count). The molecule has 1 fully saturated rings. The van der Waals surface area contributed by atoms with Crippen LogP contribution in [0.2, 0.25) is 0 Å². The zero-order valence-electron chi connectivity index (χ0n) is 7.25. The minimum Gasteiger partial charge on any atom is -0.306 e. The first-order chi connectivity index (χ1) is 5.33. The highest BCUT2D eigenvalue weighted by Gasteiger charge is 2.18. The summed E-state index contributed by atoms with van der Waals surface area (Å²) in [6.07, 6.45) is 3.72. The van der Waals surface area contributed by atoms with E-state index < -0.39 is 0 Å². The van der Waals surface area contributed by atoms with Crippen molar-refractivity contribution in [3.05, 3.63) is 0 Å². The molecule has 0 radical (unpaired) electrons. The number of rotatable bonds is 4. The van der Waals surface area contributed by atoms with E-state index in [9.17, 15) is 0 Å². The predicted octanol–water partition coefficient (Wildman–Crippen LogP) is 0.609. The largest absolute Gasteiger partial charge is 0.306 e. The summed E-state index contributed by atoms with van der Waals surface area (Å²) >= 11 is 0. The van der Waals surface area contributed by atoms with E-state index >= 15 is 0 Å². The van der Waals surface area contributed by atoms with Crippen LogP contribution in [0.25, 0.3) is 0 Å². The second kappa shape index (κ2) is 4.70. The molecule has 0 amide bonds. The van der Waals surface area contributed by atoms with Gasteiger partial charge in [0.15, 0.2) is 0 Å². The SMILES string of the molecule is CN1CCC(CCCON)C1. The van der Waals surface area contributed by atoms with Crippen LogP contribution in [0.15, 0.2) is 0 Å². The van der Waals surface area contributed by atoms with E-state index in [0.717, 1.165) is 12.3 Å². The third-order valence-corrected chi connectivity index (χ3v) is 2.36. The number of hydrogen-bond acceptors (Lipinski definition) is 3. The molecular weight excluding hydrogens is 140 g/mol. The van der Waals surface area contributed by atoms with Crippen LogP contribution in [0.4, 0.5) is 0 Å². The molecule has 66 valence electrons. The van der Waals surface area contributed by atoms with Gasteiger partial charge in [-0.3, -0.25) is 0 Å². The average molecular weight is 158 g/mol. The summed E-state index contributed by atoms with van der Waals surface area (Å²) in [5, 5.41) is 0. The molecule has 3 heteroatoms. The molecule has 2 N–H and O–H groups in total. The molecule has 1 aliphatic rings. The lowest BCUT2D eigenvalue weighted by molar-refractivity contribution is 0.130. The zero-order valence-corrected chi connectivity index (χ0v) is 7.25. The molecule has 1 aliphatic heterocycles. The van der Waals surface area contributed by atoms with E-state index in [2.05, 4.69) is 16.8 Å². The Balaban J connectivity index is 1.99. The maximum Gasteiger partial charge on any atom is 0.0679 e. The molecule has 1 heterocycles. The Bertz CT molecular complexity index is 108. The van der Waals surface area contributed by atoms with Crippen molar-refractivity contribution in [1.29, 1.82) is 0 Å². The van der Waals surface area contributed by atoms with Gasteiger partial charge in [0.25, 0.3) is 0 Å². The van der Waals surface area contributed by atoms with E-state index in [1.165, 1.54) is 25.9 Å². The number of nitrogens with two attached hydrogens (primary N) is 1. The van der Waals surface area contributed by atoms with Crippen LogP contribution in [0.3, 0.4) is 0 Å². The van der Waals surface area contributed by atoms with Gasteiger partial charge < -0.3 is 9.74 Å². The Kier molecular flexibility index (Phi) is 3.83. The summed E-state index contributed by atoms with van der Waals surface area (Å²) < 4.78 is 0. The van der Waals surface area contributed by atoms with Crippen molar-refractivity contribution < 1.29 is 4.84 Å². The molecule has 1 atom stereocenters. The molecular formula is C8H18N2O. The number of hydrogen-bond donors (Lipinski definition) is 1. The van der Waals surface area contributed by atoms with Gasteiger partial charge in [-0.25, -0.2) is 5.90 Å². The molecule has 1 unspecified atom stereocenters. The number of nitrogens with zero attached hydrogens (tertiary/aromatic N) is 1. The third-order valence-electron chi connectivity index (χ3n) is 2.36. The second-order valence-corrected chi connectivity index (χ2v) is 3.43. The first-order valence-corrected chi connectivity index (χ1v) is 4.33. The first-order valence-electron chi connectivity index (χ1n) is 4.33. The summed E-state index contributed by atoms with van der Waals surface area (Å²) in [7, 11) is 2.18. The van der Waals surface area contributed by atoms with Crippen LogP contribution in [-0.4, -0.2) is 31.6 Å². The highest BCUT2D eigenvalue weighted by molar-refractivity contribution is 4.72. The van der Waals surface area contributed by atoms with E-state index in [1.807, 2.05) is 0 Å². The van der Waals surface area contributed by atoms with Crippen LogP contribution in [0.1, 0.15) is 19.3 Å². The molecule has 0 spiro atoms. The molecule has 0 aromatic heterocycles. The van der Waals surface area contributed by atoms with Gasteiger partial charge in [0, 0.05) is 6.54 Å². The van der Waals surface area contributed by atoms with E-state index in [1.54, 1.807) is 0 Å². The molecule has 1 saturated heterocycles. The van der Waals surface area contributed by atoms with Gasteiger partial charge in [-0.2, -0.15) is 0 Å². The summed E-state index contributed by atoms with van der Waals surface area (Å²) in [5.41, 5.74) is 0. The molecule has 0 saturated carbocycles. The van der Waals surface area contributed by atoms with Crippen molar-refractivity contribution in [2.75, 3.05) is 26.7 Å². The maximum absolute atomic E-state index is 4.93. The average Bonchev–Trinajstić information content (AvgIpc) is 2.37. The van der Waals surface area contributed by atoms with Gasteiger partial charge in [-0.05, 0) is 38.8 Å². The quantitative estimate of drug-likeness (QED) is 0.481. The molecule has 0 aromatic carbocycles. The Morgan fingerprint density at radius 3 is 3.00 bits per heavy atom. The Morgan fingerprint density at radius 2 is 2.45 bits per heavy atom. The highest BCUT2D eigenvalue weighted by atomic mass is 16.6. The van der Waals surface area contributed by atoms with Crippen molar-refractivity contribution in [3.63, 3.8) is 0 Å². The minimum atomic E-state index is 0.709. The Labute approximate surface area is 68.5 Å². The van der Waals surface area contributed by atoms with Gasteiger partial charge in [-0.15, -0.1) is 0 Å². The molecule has 0 aromatic rings. The minimum absolute atomic E-state index is 0.709. The summed E-state index contributed by atoms with van der Waals surface area (Å²) in [6.45, 7) is 3.22. The van der Waals surface area contributed by atoms with Gasteiger partial charge in [0.05, 0.1) is 6.61 Å². The summed E-state index contributed by atoms with van der Waals surface area (Å²) in [6, 6.07) is 0. The van der Waals surface area contributed by atoms with Crippen molar-refractivity contribution in [2.24, 2.45) is 11.8 Å². The van der Waals surface area contributed by atoms with Crippen LogP contribution in [0, 0.1) is 5.92 Å². The highest BCUT2D eigenvalue weighted by Crippen LogP contribution is 2.18. The van der Waals surface area contributed by atoms with Crippen LogP contribution in [0.5, 0.6) is 0 Å². The topological polar surface area (TPSA) is 38.5 Å². The third kappa shape index (κ3) is 3.18. The van der Waals surface area contributed by atoms with E-state index in [-0.39, 0.29) is 0 Å². The van der Waals surface area contributed by atoms with Crippen molar-refractivity contribution in [1.82, 2.24) is 4.90 Å². The Morgan fingerprint density at radius 1 is 1.64 bits per heavy atom. The zero-order chi connectivity index (χ0) is 8.10. The normalized spacial score (nSPS) is 26.2. The standard InChI is InChI=1S/C8H18N2O/c1-10-5-4-8(7-10)3-2-6-11-9/h8H,2-7,9H2,1H3. The lowest BCUT2D eigenvalue weighted by atomic mass is 10.0. The van der Waals surface area contributed by atoms with Gasteiger partial charge >= 0.3 is 0 Å². The van der Waals surface area contributed by atoms with Crippen LogP contribution < -0.4 is 5.90 Å². The van der Waals surface area contributed by atoms with E-state index in [0.29, 0.717) is 6.61 Å². The van der Waals surface area contributed by atoms with Crippen molar-refractivity contribution >= 4 is 0 Å². The van der Waals surface area contributed by atoms with Crippen molar-refractivity contribution in [2.45, 2.75) is 19.3 Å². The monoisotopic (exact) mass is 158 g/mol. The van der Waals surface area contributed by atoms with Crippen molar-refractivity contribution in [3.8, 4) is 0 Å².